The van der Waals surface area contributed by atoms with E-state index in [0.717, 1.165) is 31.9 Å². The van der Waals surface area contributed by atoms with E-state index in [1.807, 2.05) is 4.68 Å². The standard InChI is InChI=1S/C14H20N4/c1-3-7-18-14(16-11-17-18)10-15-9-13-6-4-5-12(2)8-13/h4-6,8,11,15H,3,7,9-10H2,1-2H3. The van der Waals surface area contributed by atoms with Crippen LogP contribution in [0, 0.1) is 6.92 Å². The van der Waals surface area contributed by atoms with Crippen LogP contribution < -0.4 is 5.32 Å². The van der Waals surface area contributed by atoms with Crippen molar-refractivity contribution in [2.75, 3.05) is 0 Å². The summed E-state index contributed by atoms with van der Waals surface area (Å²) in [4.78, 5) is 4.27. The molecule has 2 aromatic rings. The number of rotatable bonds is 6. The Bertz CT molecular complexity index is 490. The molecule has 4 heteroatoms. The molecule has 18 heavy (non-hydrogen) atoms. The molecule has 0 saturated heterocycles. The maximum Gasteiger partial charge on any atom is 0.140 e. The van der Waals surface area contributed by atoms with Crippen LogP contribution >= 0.6 is 0 Å². The molecule has 0 saturated carbocycles. The Labute approximate surface area is 108 Å². The van der Waals surface area contributed by atoms with Crippen molar-refractivity contribution in [3.63, 3.8) is 0 Å². The zero-order valence-electron chi connectivity index (χ0n) is 11.1. The molecule has 0 spiro atoms. The van der Waals surface area contributed by atoms with Gasteiger partial charge in [0.15, 0.2) is 0 Å². The lowest BCUT2D eigenvalue weighted by molar-refractivity contribution is 0.542. The van der Waals surface area contributed by atoms with Crippen LogP contribution in [0.5, 0.6) is 0 Å². The third kappa shape index (κ3) is 3.40. The molecule has 96 valence electrons. The lowest BCUT2D eigenvalue weighted by atomic mass is 10.1. The van der Waals surface area contributed by atoms with Gasteiger partial charge in [-0.25, -0.2) is 9.67 Å². The summed E-state index contributed by atoms with van der Waals surface area (Å²) in [6, 6.07) is 8.54. The van der Waals surface area contributed by atoms with Crippen LogP contribution in [0.15, 0.2) is 30.6 Å². The molecular formula is C14H20N4. The van der Waals surface area contributed by atoms with Gasteiger partial charge in [0.1, 0.15) is 12.2 Å². The fourth-order valence-electron chi connectivity index (χ4n) is 1.96. The predicted octanol–water partition coefficient (Wildman–Crippen LogP) is 2.29. The van der Waals surface area contributed by atoms with Crippen LogP contribution in [0.2, 0.25) is 0 Å². The van der Waals surface area contributed by atoms with Crippen molar-refractivity contribution >= 4 is 0 Å². The lowest BCUT2D eigenvalue weighted by Gasteiger charge is -2.07. The molecule has 0 radical (unpaired) electrons. The molecule has 0 atom stereocenters. The van der Waals surface area contributed by atoms with E-state index in [2.05, 4.69) is 53.5 Å². The monoisotopic (exact) mass is 244 g/mol. The predicted molar refractivity (Wildman–Crippen MR) is 72.0 cm³/mol. The Morgan fingerprint density at radius 2 is 2.17 bits per heavy atom. The molecule has 0 bridgehead atoms. The minimum atomic E-state index is 0.758. The second-order valence-electron chi connectivity index (χ2n) is 4.49. The molecule has 1 heterocycles. The highest BCUT2D eigenvalue weighted by molar-refractivity contribution is 5.21. The van der Waals surface area contributed by atoms with Crippen molar-refractivity contribution in [1.82, 2.24) is 20.1 Å². The van der Waals surface area contributed by atoms with Gasteiger partial charge >= 0.3 is 0 Å². The smallest absolute Gasteiger partial charge is 0.140 e. The van der Waals surface area contributed by atoms with E-state index in [4.69, 9.17) is 0 Å². The number of nitrogens with zero attached hydrogens (tertiary/aromatic N) is 3. The zero-order chi connectivity index (χ0) is 12.8. The van der Waals surface area contributed by atoms with Crippen LogP contribution in [-0.2, 0) is 19.6 Å². The van der Waals surface area contributed by atoms with Crippen LogP contribution in [0.25, 0.3) is 0 Å². The Morgan fingerprint density at radius 3 is 2.94 bits per heavy atom. The summed E-state index contributed by atoms with van der Waals surface area (Å²) >= 11 is 0. The number of aryl methyl sites for hydroxylation is 2. The summed E-state index contributed by atoms with van der Waals surface area (Å²) in [6.45, 7) is 6.81. The van der Waals surface area contributed by atoms with Crippen molar-refractivity contribution in [1.29, 1.82) is 0 Å². The highest BCUT2D eigenvalue weighted by atomic mass is 15.3. The van der Waals surface area contributed by atoms with Gasteiger partial charge in [-0.05, 0) is 18.9 Å². The van der Waals surface area contributed by atoms with Gasteiger partial charge in [0.25, 0.3) is 0 Å². The normalized spacial score (nSPS) is 10.8. The molecule has 1 aromatic heterocycles. The summed E-state index contributed by atoms with van der Waals surface area (Å²) < 4.78 is 1.96. The minimum Gasteiger partial charge on any atom is -0.306 e. The SMILES string of the molecule is CCCn1ncnc1CNCc1cccc(C)c1. The summed E-state index contributed by atoms with van der Waals surface area (Å²) in [5.41, 5.74) is 2.60. The third-order valence-electron chi connectivity index (χ3n) is 2.83. The fraction of sp³-hybridized carbons (Fsp3) is 0.429. The van der Waals surface area contributed by atoms with Crippen LogP contribution in [-0.4, -0.2) is 14.8 Å². The molecule has 0 aliphatic heterocycles. The summed E-state index contributed by atoms with van der Waals surface area (Å²) in [7, 11) is 0. The van der Waals surface area contributed by atoms with Crippen LogP contribution in [0.3, 0.4) is 0 Å². The van der Waals surface area contributed by atoms with Crippen molar-refractivity contribution < 1.29 is 0 Å². The first kappa shape index (κ1) is 12.8. The van der Waals surface area contributed by atoms with Crippen molar-refractivity contribution in [2.45, 2.75) is 39.9 Å². The van der Waals surface area contributed by atoms with Gasteiger partial charge in [-0.15, -0.1) is 0 Å². The molecule has 1 aromatic carbocycles. The zero-order valence-corrected chi connectivity index (χ0v) is 11.1. The molecule has 0 unspecified atom stereocenters. The topological polar surface area (TPSA) is 42.7 Å². The lowest BCUT2D eigenvalue weighted by Crippen LogP contribution is -2.17. The number of benzene rings is 1. The summed E-state index contributed by atoms with van der Waals surface area (Å²) in [5.74, 6) is 1.00. The maximum atomic E-state index is 4.27. The maximum absolute atomic E-state index is 4.27. The van der Waals surface area contributed by atoms with E-state index in [-0.39, 0.29) is 0 Å². The summed E-state index contributed by atoms with van der Waals surface area (Å²) in [6.07, 6.45) is 2.70. The molecule has 4 nitrogen and oxygen atoms in total. The molecule has 0 amide bonds. The largest absolute Gasteiger partial charge is 0.306 e. The van der Waals surface area contributed by atoms with Crippen LogP contribution in [0.4, 0.5) is 0 Å². The average molecular weight is 244 g/mol. The first-order valence-electron chi connectivity index (χ1n) is 6.42. The van der Waals surface area contributed by atoms with Gasteiger partial charge in [-0.1, -0.05) is 36.8 Å². The third-order valence-corrected chi connectivity index (χ3v) is 2.83. The van der Waals surface area contributed by atoms with E-state index < -0.39 is 0 Å². The first-order valence-corrected chi connectivity index (χ1v) is 6.42. The van der Waals surface area contributed by atoms with E-state index in [1.54, 1.807) is 6.33 Å². The van der Waals surface area contributed by atoms with E-state index >= 15 is 0 Å². The molecule has 1 N–H and O–H groups in total. The van der Waals surface area contributed by atoms with Crippen LogP contribution in [0.1, 0.15) is 30.3 Å². The average Bonchev–Trinajstić information content (AvgIpc) is 2.78. The Hall–Kier alpha value is -1.68. The van der Waals surface area contributed by atoms with Gasteiger partial charge < -0.3 is 5.32 Å². The van der Waals surface area contributed by atoms with E-state index in [9.17, 15) is 0 Å². The minimum absolute atomic E-state index is 0.758. The second-order valence-corrected chi connectivity index (χ2v) is 4.49. The fourth-order valence-corrected chi connectivity index (χ4v) is 1.96. The van der Waals surface area contributed by atoms with Gasteiger partial charge in [0.2, 0.25) is 0 Å². The van der Waals surface area contributed by atoms with Crippen molar-refractivity contribution in [2.24, 2.45) is 0 Å². The molecule has 0 fully saturated rings. The number of hydrogen-bond donors (Lipinski definition) is 1. The number of hydrogen-bond acceptors (Lipinski definition) is 3. The van der Waals surface area contributed by atoms with E-state index in [1.165, 1.54) is 11.1 Å². The van der Waals surface area contributed by atoms with Crippen molar-refractivity contribution in [3.8, 4) is 0 Å². The Balaban J connectivity index is 1.86. The summed E-state index contributed by atoms with van der Waals surface area (Å²) in [5, 5.41) is 7.62. The van der Waals surface area contributed by atoms with Gasteiger partial charge in [-0.2, -0.15) is 5.10 Å². The molecule has 0 aliphatic carbocycles. The highest BCUT2D eigenvalue weighted by Gasteiger charge is 2.02. The quantitative estimate of drug-likeness (QED) is 0.847. The van der Waals surface area contributed by atoms with Gasteiger partial charge in [0, 0.05) is 13.1 Å². The highest BCUT2D eigenvalue weighted by Crippen LogP contribution is 2.04. The number of aromatic nitrogens is 3. The van der Waals surface area contributed by atoms with Gasteiger partial charge in [-0.3, -0.25) is 0 Å². The second kappa shape index (κ2) is 6.31. The Morgan fingerprint density at radius 1 is 1.28 bits per heavy atom. The molecular weight excluding hydrogens is 224 g/mol. The van der Waals surface area contributed by atoms with Gasteiger partial charge in [0.05, 0.1) is 6.54 Å². The number of nitrogens with one attached hydrogen (secondary N) is 1. The molecule has 2 rings (SSSR count). The van der Waals surface area contributed by atoms with Crippen molar-refractivity contribution in [3.05, 3.63) is 47.5 Å². The first-order chi connectivity index (χ1) is 8.79. The Kier molecular flexibility index (Phi) is 4.47. The van der Waals surface area contributed by atoms with E-state index in [0.29, 0.717) is 0 Å². The molecule has 0 aliphatic rings.